The van der Waals surface area contributed by atoms with Crippen molar-refractivity contribution >= 4 is 22.7 Å². The molecule has 2 aromatic rings. The van der Waals surface area contributed by atoms with Crippen molar-refractivity contribution in [2.75, 3.05) is 0 Å². The Bertz CT molecular complexity index is 495. The molecule has 0 fully saturated rings. The van der Waals surface area contributed by atoms with Gasteiger partial charge in [0.1, 0.15) is 5.52 Å². The van der Waals surface area contributed by atoms with E-state index in [0.29, 0.717) is 22.4 Å². The Labute approximate surface area is 98.7 Å². The topological polar surface area (TPSA) is 64.1 Å². The molecule has 4 nitrogen and oxygen atoms in total. The van der Waals surface area contributed by atoms with E-state index >= 15 is 0 Å². The fourth-order valence-corrected chi connectivity index (χ4v) is 1.76. The monoisotopic (exact) mass is 239 g/mol. The number of aromatic nitrogens is 1. The zero-order chi connectivity index (χ0) is 11.7. The molecule has 0 radical (unpaired) electrons. The highest BCUT2D eigenvalue weighted by Gasteiger charge is 2.20. The molecule has 5 heteroatoms. The van der Waals surface area contributed by atoms with Crippen molar-refractivity contribution < 1.29 is 4.42 Å². The van der Waals surface area contributed by atoms with Gasteiger partial charge in [-0.2, -0.15) is 0 Å². The standard InChI is InChI=1S/C11H14ClN3O/c1-6(2)10(15-13)11-14-8-4-3-7(12)5-9(8)16-11/h3-6,10,15H,13H2,1-2H3. The molecular weight excluding hydrogens is 226 g/mol. The van der Waals surface area contributed by atoms with Crippen molar-refractivity contribution in [3.05, 3.63) is 29.1 Å². The van der Waals surface area contributed by atoms with Gasteiger partial charge < -0.3 is 4.42 Å². The first-order valence-electron chi connectivity index (χ1n) is 5.14. The number of hydrogen-bond acceptors (Lipinski definition) is 4. The molecule has 0 aliphatic heterocycles. The van der Waals surface area contributed by atoms with Crippen molar-refractivity contribution in [3.63, 3.8) is 0 Å². The summed E-state index contributed by atoms with van der Waals surface area (Å²) < 4.78 is 5.63. The molecule has 86 valence electrons. The Balaban J connectivity index is 2.45. The first-order chi connectivity index (χ1) is 7.61. The van der Waals surface area contributed by atoms with Crippen LogP contribution in [0.2, 0.25) is 5.02 Å². The summed E-state index contributed by atoms with van der Waals surface area (Å²) in [5.41, 5.74) is 4.18. The van der Waals surface area contributed by atoms with Gasteiger partial charge in [-0.25, -0.2) is 10.4 Å². The number of oxazole rings is 1. The lowest BCUT2D eigenvalue weighted by Gasteiger charge is -2.15. The number of halogens is 1. The van der Waals surface area contributed by atoms with E-state index in [0.717, 1.165) is 5.52 Å². The largest absolute Gasteiger partial charge is 0.439 e. The zero-order valence-electron chi connectivity index (χ0n) is 9.20. The van der Waals surface area contributed by atoms with Crippen LogP contribution in [0.25, 0.3) is 11.1 Å². The minimum Gasteiger partial charge on any atom is -0.439 e. The van der Waals surface area contributed by atoms with E-state index in [9.17, 15) is 0 Å². The van der Waals surface area contributed by atoms with E-state index in [1.54, 1.807) is 12.1 Å². The normalized spacial score (nSPS) is 13.6. The molecule has 0 spiro atoms. The molecule has 0 aliphatic rings. The first-order valence-corrected chi connectivity index (χ1v) is 5.51. The van der Waals surface area contributed by atoms with Crippen molar-refractivity contribution in [3.8, 4) is 0 Å². The lowest BCUT2D eigenvalue weighted by molar-refractivity contribution is 0.343. The van der Waals surface area contributed by atoms with Gasteiger partial charge in [0.05, 0.1) is 6.04 Å². The summed E-state index contributed by atoms with van der Waals surface area (Å²) in [6.07, 6.45) is 0. The smallest absolute Gasteiger partial charge is 0.214 e. The molecule has 16 heavy (non-hydrogen) atoms. The maximum atomic E-state index is 5.88. The summed E-state index contributed by atoms with van der Waals surface area (Å²) in [7, 11) is 0. The predicted octanol–water partition coefficient (Wildman–Crippen LogP) is 2.64. The number of nitrogens with one attached hydrogen (secondary N) is 1. The number of benzene rings is 1. The molecule has 0 aliphatic carbocycles. The van der Waals surface area contributed by atoms with Crippen molar-refractivity contribution in [1.29, 1.82) is 0 Å². The Kier molecular flexibility index (Phi) is 3.14. The Morgan fingerprint density at radius 1 is 1.44 bits per heavy atom. The fourth-order valence-electron chi connectivity index (χ4n) is 1.60. The third-order valence-electron chi connectivity index (χ3n) is 2.48. The molecule has 1 unspecified atom stereocenters. The lowest BCUT2D eigenvalue weighted by atomic mass is 10.1. The van der Waals surface area contributed by atoms with E-state index < -0.39 is 0 Å². The van der Waals surface area contributed by atoms with Crippen molar-refractivity contribution in [2.45, 2.75) is 19.9 Å². The summed E-state index contributed by atoms with van der Waals surface area (Å²) in [6.45, 7) is 4.10. The highest BCUT2D eigenvalue weighted by molar-refractivity contribution is 6.31. The molecule has 1 aromatic heterocycles. The van der Waals surface area contributed by atoms with Crippen LogP contribution >= 0.6 is 11.6 Å². The molecule has 0 saturated heterocycles. The van der Waals surface area contributed by atoms with Crippen LogP contribution in [0.1, 0.15) is 25.8 Å². The van der Waals surface area contributed by atoms with Crippen LogP contribution < -0.4 is 11.3 Å². The number of nitrogens with two attached hydrogens (primary N) is 1. The summed E-state index contributed by atoms with van der Waals surface area (Å²) in [5, 5.41) is 0.636. The molecule has 1 atom stereocenters. The number of hydrazine groups is 1. The van der Waals surface area contributed by atoms with Crippen LogP contribution in [0, 0.1) is 5.92 Å². The van der Waals surface area contributed by atoms with Crippen molar-refractivity contribution in [2.24, 2.45) is 11.8 Å². The van der Waals surface area contributed by atoms with E-state index in [1.165, 1.54) is 0 Å². The second-order valence-electron chi connectivity index (χ2n) is 4.05. The predicted molar refractivity (Wildman–Crippen MR) is 63.9 cm³/mol. The van der Waals surface area contributed by atoms with Gasteiger partial charge in [-0.15, -0.1) is 0 Å². The first kappa shape index (κ1) is 11.4. The van der Waals surface area contributed by atoms with Crippen LogP contribution in [0.4, 0.5) is 0 Å². The van der Waals surface area contributed by atoms with Gasteiger partial charge in [0.2, 0.25) is 5.89 Å². The zero-order valence-corrected chi connectivity index (χ0v) is 9.95. The Morgan fingerprint density at radius 3 is 2.81 bits per heavy atom. The number of hydrogen-bond donors (Lipinski definition) is 2. The molecule has 0 bridgehead atoms. The van der Waals surface area contributed by atoms with Gasteiger partial charge >= 0.3 is 0 Å². The van der Waals surface area contributed by atoms with E-state index in [2.05, 4.69) is 10.4 Å². The highest BCUT2D eigenvalue weighted by atomic mass is 35.5. The Morgan fingerprint density at radius 2 is 2.19 bits per heavy atom. The average Bonchev–Trinajstić information content (AvgIpc) is 2.60. The van der Waals surface area contributed by atoms with Crippen molar-refractivity contribution in [1.82, 2.24) is 10.4 Å². The molecule has 0 saturated carbocycles. The van der Waals surface area contributed by atoms with Crippen LogP contribution in [-0.4, -0.2) is 4.98 Å². The lowest BCUT2D eigenvalue weighted by Crippen LogP contribution is -2.31. The minimum absolute atomic E-state index is 0.0915. The average molecular weight is 240 g/mol. The van der Waals surface area contributed by atoms with E-state index in [-0.39, 0.29) is 6.04 Å². The highest BCUT2D eigenvalue weighted by Crippen LogP contribution is 2.26. The Hall–Kier alpha value is -1.10. The van der Waals surface area contributed by atoms with Gasteiger partial charge in [0.15, 0.2) is 5.58 Å². The molecule has 3 N–H and O–H groups in total. The quantitative estimate of drug-likeness (QED) is 0.639. The van der Waals surface area contributed by atoms with Crippen LogP contribution in [0.3, 0.4) is 0 Å². The number of nitrogens with zero attached hydrogens (tertiary/aromatic N) is 1. The van der Waals surface area contributed by atoms with Gasteiger partial charge in [0.25, 0.3) is 0 Å². The maximum absolute atomic E-state index is 5.88. The van der Waals surface area contributed by atoms with Gasteiger partial charge in [0, 0.05) is 11.1 Å². The molecule has 0 amide bonds. The molecular formula is C11H14ClN3O. The third-order valence-corrected chi connectivity index (χ3v) is 2.71. The summed E-state index contributed by atoms with van der Waals surface area (Å²) >= 11 is 5.88. The van der Waals surface area contributed by atoms with Gasteiger partial charge in [-0.1, -0.05) is 25.4 Å². The van der Waals surface area contributed by atoms with E-state index in [1.807, 2.05) is 19.9 Å². The number of fused-ring (bicyclic) bond motifs is 1. The number of rotatable bonds is 3. The second kappa shape index (κ2) is 4.41. The van der Waals surface area contributed by atoms with Crippen LogP contribution in [0.5, 0.6) is 0 Å². The minimum atomic E-state index is -0.0915. The third kappa shape index (κ3) is 2.04. The van der Waals surface area contributed by atoms with Crippen LogP contribution in [-0.2, 0) is 0 Å². The fraction of sp³-hybridized carbons (Fsp3) is 0.364. The molecule has 1 heterocycles. The van der Waals surface area contributed by atoms with Gasteiger partial charge in [-0.3, -0.25) is 5.84 Å². The summed E-state index contributed by atoms with van der Waals surface area (Å²) in [4.78, 5) is 4.38. The summed E-state index contributed by atoms with van der Waals surface area (Å²) in [5.74, 6) is 6.37. The maximum Gasteiger partial charge on any atom is 0.214 e. The molecule has 2 rings (SSSR count). The van der Waals surface area contributed by atoms with E-state index in [4.69, 9.17) is 21.9 Å². The molecule has 1 aromatic carbocycles. The second-order valence-corrected chi connectivity index (χ2v) is 4.49. The summed E-state index contributed by atoms with van der Waals surface area (Å²) in [6, 6.07) is 5.28. The SMILES string of the molecule is CC(C)C(NN)c1nc2ccc(Cl)cc2o1. The van der Waals surface area contributed by atoms with Gasteiger partial charge in [-0.05, 0) is 18.1 Å². The van der Waals surface area contributed by atoms with Crippen LogP contribution in [0.15, 0.2) is 22.6 Å².